The fourth-order valence-electron chi connectivity index (χ4n) is 3.67. The fourth-order valence-corrected chi connectivity index (χ4v) is 3.67. The Morgan fingerprint density at radius 2 is 1.97 bits per heavy atom. The number of oxazole rings is 1. The van der Waals surface area contributed by atoms with Gasteiger partial charge in [0.1, 0.15) is 11.7 Å². The summed E-state index contributed by atoms with van der Waals surface area (Å²) >= 11 is 0. The summed E-state index contributed by atoms with van der Waals surface area (Å²) in [5.74, 6) is 1.42. The number of benzene rings is 1. The molecule has 1 aliphatic heterocycles. The van der Waals surface area contributed by atoms with Gasteiger partial charge in [-0.25, -0.2) is 14.6 Å². The summed E-state index contributed by atoms with van der Waals surface area (Å²) in [6.45, 7) is 8.77. The second-order valence-corrected chi connectivity index (χ2v) is 10.1. The summed E-state index contributed by atoms with van der Waals surface area (Å²) in [5.41, 5.74) is -0.107. The summed E-state index contributed by atoms with van der Waals surface area (Å²) in [7, 11) is 1.26. The number of alkyl carbamates (subject to hydrolysis) is 1. The average molecular weight is 503 g/mol. The predicted molar refractivity (Wildman–Crippen MR) is 129 cm³/mol. The van der Waals surface area contributed by atoms with Crippen molar-refractivity contribution in [3.8, 4) is 23.0 Å². The van der Waals surface area contributed by atoms with Gasteiger partial charge in [0.25, 0.3) is 0 Å². The van der Waals surface area contributed by atoms with Crippen molar-refractivity contribution in [1.82, 2.24) is 10.3 Å². The minimum atomic E-state index is -0.703. The van der Waals surface area contributed by atoms with Gasteiger partial charge < -0.3 is 33.4 Å². The van der Waals surface area contributed by atoms with Gasteiger partial charge in [0.05, 0.1) is 33.0 Å². The van der Waals surface area contributed by atoms with E-state index in [1.165, 1.54) is 7.11 Å². The molecule has 1 aromatic carbocycles. The molecule has 1 aliphatic carbocycles. The molecule has 2 aliphatic rings. The Morgan fingerprint density at radius 1 is 1.19 bits per heavy atom. The van der Waals surface area contributed by atoms with E-state index in [0.717, 1.165) is 19.3 Å². The van der Waals surface area contributed by atoms with Gasteiger partial charge in [0.15, 0.2) is 23.0 Å². The maximum Gasteiger partial charge on any atom is 0.408 e. The average Bonchev–Trinajstić information content (AvgIpc) is 3.30. The lowest BCUT2D eigenvalue weighted by Crippen LogP contribution is -2.34. The summed E-state index contributed by atoms with van der Waals surface area (Å²) in [5, 5.41) is 2.68. The van der Waals surface area contributed by atoms with Gasteiger partial charge in [-0.3, -0.25) is 0 Å². The Balaban J connectivity index is 1.60. The lowest BCUT2D eigenvalue weighted by molar-refractivity contribution is 0.0495. The van der Waals surface area contributed by atoms with E-state index in [4.69, 9.17) is 28.1 Å². The quantitative estimate of drug-likeness (QED) is 0.488. The number of carbonyl (C=O) groups is 2. The predicted octanol–water partition coefficient (Wildman–Crippen LogP) is 4.67. The number of nitrogens with one attached hydrogen (secondary N) is 1. The van der Waals surface area contributed by atoms with E-state index in [-0.39, 0.29) is 23.4 Å². The normalized spacial score (nSPS) is 18.4. The standard InChI is InChI=1S/C26H34N2O8/c1-15(27-25(30)36-26(2,3)4)22-21(24(29)31-5)28-23(35-22)17-8-9-19(34-18-10-11-32-14-18)20(12-17)33-13-16-6-7-16/h8-9,12,15-16,18H,6-7,10-11,13-14H2,1-5H3,(H,27,30)/t15-,18?/m0/s1. The summed E-state index contributed by atoms with van der Waals surface area (Å²) in [4.78, 5) is 29.1. The molecule has 1 saturated carbocycles. The van der Waals surface area contributed by atoms with E-state index in [1.54, 1.807) is 45.9 Å². The Bertz CT molecular complexity index is 1080. The van der Waals surface area contributed by atoms with E-state index in [2.05, 4.69) is 10.3 Å². The molecule has 2 fully saturated rings. The van der Waals surface area contributed by atoms with E-state index >= 15 is 0 Å². The highest BCUT2D eigenvalue weighted by molar-refractivity contribution is 5.89. The first kappa shape index (κ1) is 25.8. The molecule has 0 radical (unpaired) electrons. The van der Waals surface area contributed by atoms with Crippen LogP contribution in [0.2, 0.25) is 0 Å². The molecule has 1 unspecified atom stereocenters. The molecule has 10 heteroatoms. The molecular formula is C26H34N2O8. The molecule has 1 amide bonds. The number of methoxy groups -OCH3 is 1. The first-order chi connectivity index (χ1) is 17.1. The Hall–Kier alpha value is -3.27. The number of nitrogens with zero attached hydrogens (tertiary/aromatic N) is 1. The van der Waals surface area contributed by atoms with Crippen LogP contribution in [0.5, 0.6) is 11.5 Å². The fraction of sp³-hybridized carbons (Fsp3) is 0.577. The highest BCUT2D eigenvalue weighted by atomic mass is 16.6. The number of ether oxygens (including phenoxy) is 5. The molecule has 2 heterocycles. The van der Waals surface area contributed by atoms with Crippen molar-refractivity contribution in [1.29, 1.82) is 0 Å². The third-order valence-corrected chi connectivity index (χ3v) is 5.70. The molecular weight excluding hydrogens is 468 g/mol. The number of esters is 1. The second kappa shape index (κ2) is 10.8. The van der Waals surface area contributed by atoms with Crippen molar-refractivity contribution in [2.24, 2.45) is 5.92 Å². The minimum Gasteiger partial charge on any atom is -0.489 e. The van der Waals surface area contributed by atoms with Crippen LogP contribution in [0.15, 0.2) is 22.6 Å². The van der Waals surface area contributed by atoms with Crippen LogP contribution in [0.4, 0.5) is 4.79 Å². The van der Waals surface area contributed by atoms with Gasteiger partial charge in [-0.1, -0.05) is 0 Å². The van der Waals surface area contributed by atoms with E-state index in [9.17, 15) is 9.59 Å². The highest BCUT2D eigenvalue weighted by Crippen LogP contribution is 2.37. The van der Waals surface area contributed by atoms with Gasteiger partial charge in [-0.15, -0.1) is 0 Å². The SMILES string of the molecule is COC(=O)c1nc(-c2ccc(OC3CCOC3)c(OCC3CC3)c2)oc1[C@H](C)NC(=O)OC(C)(C)C. The lowest BCUT2D eigenvalue weighted by atomic mass is 10.2. The van der Waals surface area contributed by atoms with Crippen LogP contribution in [0.3, 0.4) is 0 Å². The molecule has 1 aromatic heterocycles. The molecule has 1 saturated heterocycles. The Kier molecular flexibility index (Phi) is 7.73. The molecule has 196 valence electrons. The van der Waals surface area contributed by atoms with Crippen LogP contribution in [0, 0.1) is 5.92 Å². The summed E-state index contributed by atoms with van der Waals surface area (Å²) in [6, 6.07) is 4.68. The molecule has 0 bridgehead atoms. The van der Waals surface area contributed by atoms with Crippen LogP contribution in [0.25, 0.3) is 11.5 Å². The van der Waals surface area contributed by atoms with Gasteiger partial charge in [-0.05, 0) is 64.7 Å². The van der Waals surface area contributed by atoms with Gasteiger partial charge in [0, 0.05) is 12.0 Å². The first-order valence-corrected chi connectivity index (χ1v) is 12.2. The van der Waals surface area contributed by atoms with E-state index in [0.29, 0.717) is 42.8 Å². The van der Waals surface area contributed by atoms with E-state index in [1.807, 2.05) is 0 Å². The highest BCUT2D eigenvalue weighted by Gasteiger charge is 2.29. The third kappa shape index (κ3) is 6.69. The molecule has 2 atom stereocenters. The summed E-state index contributed by atoms with van der Waals surface area (Å²) < 4.78 is 33.8. The van der Waals surface area contributed by atoms with Crippen LogP contribution in [-0.2, 0) is 14.2 Å². The zero-order valence-electron chi connectivity index (χ0n) is 21.4. The van der Waals surface area contributed by atoms with Crippen molar-refractivity contribution in [3.63, 3.8) is 0 Å². The van der Waals surface area contributed by atoms with Gasteiger partial charge in [-0.2, -0.15) is 0 Å². The van der Waals surface area contributed by atoms with E-state index < -0.39 is 23.7 Å². The van der Waals surface area contributed by atoms with Gasteiger partial charge in [0.2, 0.25) is 5.89 Å². The molecule has 4 rings (SSSR count). The second-order valence-electron chi connectivity index (χ2n) is 10.1. The van der Waals surface area contributed by atoms with Crippen molar-refractivity contribution < 1.29 is 37.7 Å². The molecule has 0 spiro atoms. The van der Waals surface area contributed by atoms with Crippen LogP contribution < -0.4 is 14.8 Å². The summed E-state index contributed by atoms with van der Waals surface area (Å²) in [6.07, 6.45) is 2.45. The maximum atomic E-state index is 12.5. The Morgan fingerprint density at radius 3 is 2.61 bits per heavy atom. The third-order valence-electron chi connectivity index (χ3n) is 5.70. The van der Waals surface area contributed by atoms with Crippen molar-refractivity contribution in [2.45, 2.75) is 64.7 Å². The number of hydrogen-bond acceptors (Lipinski definition) is 9. The minimum absolute atomic E-state index is 0.0278. The zero-order chi connectivity index (χ0) is 25.9. The smallest absolute Gasteiger partial charge is 0.408 e. The maximum absolute atomic E-state index is 12.5. The topological polar surface area (TPSA) is 118 Å². The van der Waals surface area contributed by atoms with Crippen LogP contribution in [-0.4, -0.2) is 55.7 Å². The van der Waals surface area contributed by atoms with Crippen LogP contribution in [0.1, 0.15) is 69.2 Å². The number of hydrogen-bond donors (Lipinski definition) is 1. The lowest BCUT2D eigenvalue weighted by Gasteiger charge is -2.21. The number of amides is 1. The number of carbonyl (C=O) groups excluding carboxylic acids is 2. The molecule has 1 N–H and O–H groups in total. The van der Waals surface area contributed by atoms with Crippen molar-refractivity contribution in [3.05, 3.63) is 29.7 Å². The number of aromatic nitrogens is 1. The largest absolute Gasteiger partial charge is 0.489 e. The van der Waals surface area contributed by atoms with Crippen molar-refractivity contribution in [2.75, 3.05) is 26.9 Å². The monoisotopic (exact) mass is 502 g/mol. The number of rotatable bonds is 9. The molecule has 36 heavy (non-hydrogen) atoms. The molecule has 10 nitrogen and oxygen atoms in total. The Labute approximate surface area is 210 Å². The van der Waals surface area contributed by atoms with Crippen LogP contribution >= 0.6 is 0 Å². The van der Waals surface area contributed by atoms with Gasteiger partial charge >= 0.3 is 12.1 Å². The first-order valence-electron chi connectivity index (χ1n) is 12.2. The molecule has 2 aromatic rings. The zero-order valence-corrected chi connectivity index (χ0v) is 21.4. The van der Waals surface area contributed by atoms with Crippen molar-refractivity contribution >= 4 is 12.1 Å².